The molecule has 0 aromatic heterocycles. The van der Waals surface area contributed by atoms with E-state index in [1.165, 1.54) is 36.3 Å². The van der Waals surface area contributed by atoms with E-state index in [-0.39, 0.29) is 0 Å². The van der Waals surface area contributed by atoms with Crippen molar-refractivity contribution in [2.45, 2.75) is 32.4 Å². The van der Waals surface area contributed by atoms with Crippen LogP contribution in [0.1, 0.15) is 25.3 Å². The molecule has 0 spiro atoms. The number of para-hydroxylation sites is 1. The quantitative estimate of drug-likeness (QED) is 0.816. The molecule has 1 fully saturated rings. The van der Waals surface area contributed by atoms with E-state index in [4.69, 9.17) is 0 Å². The summed E-state index contributed by atoms with van der Waals surface area (Å²) in [4.78, 5) is 2.57. The highest BCUT2D eigenvalue weighted by Gasteiger charge is 2.21. The highest BCUT2D eigenvalue weighted by Crippen LogP contribution is 2.31. The van der Waals surface area contributed by atoms with Gasteiger partial charge in [-0.3, -0.25) is 4.90 Å². The Morgan fingerprint density at radius 1 is 1.29 bits per heavy atom. The largest absolute Gasteiger partial charge is 0.359 e. The minimum Gasteiger partial charge on any atom is -0.359 e. The van der Waals surface area contributed by atoms with Crippen molar-refractivity contribution >= 4 is 11.4 Å². The fraction of sp³-hybridized carbons (Fsp3) is 0.429. The Bertz CT molecular complexity index is 439. The highest BCUT2D eigenvalue weighted by atomic mass is 15.2. The topological polar surface area (TPSA) is 27.3 Å². The van der Waals surface area contributed by atoms with Gasteiger partial charge in [0.2, 0.25) is 0 Å². The number of nitrogens with one attached hydrogen (secondary N) is 2. The van der Waals surface area contributed by atoms with E-state index < -0.39 is 0 Å². The van der Waals surface area contributed by atoms with Gasteiger partial charge in [0.25, 0.3) is 0 Å². The van der Waals surface area contributed by atoms with Crippen molar-refractivity contribution in [1.29, 1.82) is 0 Å². The standard InChI is InChI=1S/C14H19N3/c1-11-4-3-9-17(11)10-12-5-2-6-13-14(12)16-8-7-15-13/h2,5-8,11,15-16H,3-4,9-10H2,1H3. The molecular formula is C14H19N3. The molecule has 0 amide bonds. The van der Waals surface area contributed by atoms with E-state index in [0.717, 1.165) is 12.6 Å². The van der Waals surface area contributed by atoms with Gasteiger partial charge in [-0.15, -0.1) is 0 Å². The number of hydrogen-bond acceptors (Lipinski definition) is 3. The Morgan fingerprint density at radius 3 is 3.00 bits per heavy atom. The summed E-state index contributed by atoms with van der Waals surface area (Å²) in [6.07, 6.45) is 6.56. The first-order chi connectivity index (χ1) is 8.34. The first-order valence-corrected chi connectivity index (χ1v) is 6.38. The molecule has 2 N–H and O–H groups in total. The summed E-state index contributed by atoms with van der Waals surface area (Å²) in [5, 5.41) is 6.63. The van der Waals surface area contributed by atoms with E-state index >= 15 is 0 Å². The summed E-state index contributed by atoms with van der Waals surface area (Å²) in [6.45, 7) is 4.61. The lowest BCUT2D eigenvalue weighted by molar-refractivity contribution is 0.261. The molecule has 90 valence electrons. The molecule has 1 aromatic carbocycles. The lowest BCUT2D eigenvalue weighted by atomic mass is 10.1. The van der Waals surface area contributed by atoms with Gasteiger partial charge in [0, 0.05) is 25.0 Å². The Balaban J connectivity index is 1.84. The molecule has 3 heteroatoms. The van der Waals surface area contributed by atoms with Crippen LogP contribution in [0.3, 0.4) is 0 Å². The van der Waals surface area contributed by atoms with E-state index in [1.807, 2.05) is 12.4 Å². The third-order valence-corrected chi connectivity index (χ3v) is 3.76. The average molecular weight is 229 g/mol. The Labute approximate surface area is 103 Å². The monoisotopic (exact) mass is 229 g/mol. The minimum absolute atomic E-state index is 0.720. The number of nitrogens with zero attached hydrogens (tertiary/aromatic N) is 1. The molecule has 2 heterocycles. The molecule has 1 unspecified atom stereocenters. The summed E-state index contributed by atoms with van der Waals surface area (Å²) >= 11 is 0. The molecule has 0 radical (unpaired) electrons. The van der Waals surface area contributed by atoms with E-state index in [1.54, 1.807) is 0 Å². The lowest BCUT2D eigenvalue weighted by Crippen LogP contribution is -2.26. The fourth-order valence-electron chi connectivity index (χ4n) is 2.73. The maximum Gasteiger partial charge on any atom is 0.0665 e. The number of hydrogen-bond donors (Lipinski definition) is 2. The van der Waals surface area contributed by atoms with Crippen LogP contribution in [0.25, 0.3) is 0 Å². The SMILES string of the molecule is CC1CCCN1Cc1cccc2c1NC=CN2. The number of anilines is 2. The average Bonchev–Trinajstić information content (AvgIpc) is 2.76. The predicted molar refractivity (Wildman–Crippen MR) is 71.9 cm³/mol. The molecule has 2 aliphatic rings. The lowest BCUT2D eigenvalue weighted by Gasteiger charge is -2.24. The van der Waals surface area contributed by atoms with Crippen LogP contribution in [0.15, 0.2) is 30.6 Å². The summed E-state index contributed by atoms with van der Waals surface area (Å²) in [5.41, 5.74) is 3.79. The molecule has 1 saturated heterocycles. The van der Waals surface area contributed by atoms with Gasteiger partial charge in [-0.05, 0) is 37.9 Å². The van der Waals surface area contributed by atoms with Crippen molar-refractivity contribution in [1.82, 2.24) is 4.90 Å². The smallest absolute Gasteiger partial charge is 0.0665 e. The zero-order valence-electron chi connectivity index (χ0n) is 10.2. The van der Waals surface area contributed by atoms with Crippen molar-refractivity contribution in [3.63, 3.8) is 0 Å². The van der Waals surface area contributed by atoms with Gasteiger partial charge < -0.3 is 10.6 Å². The van der Waals surface area contributed by atoms with Crippen LogP contribution in [0, 0.1) is 0 Å². The Morgan fingerprint density at radius 2 is 2.18 bits per heavy atom. The second-order valence-electron chi connectivity index (χ2n) is 4.92. The van der Waals surface area contributed by atoms with Crippen LogP contribution < -0.4 is 10.6 Å². The molecule has 2 aliphatic heterocycles. The minimum atomic E-state index is 0.720. The van der Waals surface area contributed by atoms with Gasteiger partial charge in [0.1, 0.15) is 0 Å². The zero-order valence-corrected chi connectivity index (χ0v) is 10.2. The molecule has 3 nitrogen and oxygen atoms in total. The van der Waals surface area contributed by atoms with Crippen molar-refractivity contribution < 1.29 is 0 Å². The van der Waals surface area contributed by atoms with Gasteiger partial charge in [-0.1, -0.05) is 12.1 Å². The molecule has 0 aliphatic carbocycles. The molecule has 1 atom stereocenters. The Hall–Kier alpha value is -1.48. The van der Waals surface area contributed by atoms with Crippen molar-refractivity contribution in [3.05, 3.63) is 36.2 Å². The first kappa shape index (κ1) is 10.7. The predicted octanol–water partition coefficient (Wildman–Crippen LogP) is 2.98. The second kappa shape index (κ2) is 4.41. The van der Waals surface area contributed by atoms with Crippen molar-refractivity contribution in [2.75, 3.05) is 17.2 Å². The summed E-state index contributed by atoms with van der Waals surface area (Å²) in [5.74, 6) is 0. The number of fused-ring (bicyclic) bond motifs is 1. The van der Waals surface area contributed by atoms with Crippen LogP contribution in [-0.2, 0) is 6.54 Å². The third-order valence-electron chi connectivity index (χ3n) is 3.76. The van der Waals surface area contributed by atoms with Crippen LogP contribution in [-0.4, -0.2) is 17.5 Å². The maximum atomic E-state index is 3.35. The van der Waals surface area contributed by atoms with Crippen LogP contribution >= 0.6 is 0 Å². The number of likely N-dealkylation sites (tertiary alicyclic amines) is 1. The zero-order chi connectivity index (χ0) is 11.7. The molecular weight excluding hydrogens is 210 g/mol. The highest BCUT2D eigenvalue weighted by molar-refractivity contribution is 5.76. The fourth-order valence-corrected chi connectivity index (χ4v) is 2.73. The molecule has 0 saturated carbocycles. The maximum absolute atomic E-state index is 3.35. The number of benzene rings is 1. The van der Waals surface area contributed by atoms with Gasteiger partial charge >= 0.3 is 0 Å². The summed E-state index contributed by atoms with van der Waals surface area (Å²) < 4.78 is 0. The molecule has 3 rings (SSSR count). The molecule has 0 bridgehead atoms. The van der Waals surface area contributed by atoms with Gasteiger partial charge in [0.15, 0.2) is 0 Å². The van der Waals surface area contributed by atoms with Crippen molar-refractivity contribution in [2.24, 2.45) is 0 Å². The summed E-state index contributed by atoms with van der Waals surface area (Å²) in [7, 11) is 0. The van der Waals surface area contributed by atoms with Crippen molar-refractivity contribution in [3.8, 4) is 0 Å². The van der Waals surface area contributed by atoms with Gasteiger partial charge in [-0.2, -0.15) is 0 Å². The summed E-state index contributed by atoms with van der Waals surface area (Å²) in [6, 6.07) is 7.18. The Kier molecular flexibility index (Phi) is 2.77. The van der Waals surface area contributed by atoms with E-state index in [9.17, 15) is 0 Å². The van der Waals surface area contributed by atoms with E-state index in [0.29, 0.717) is 0 Å². The normalized spacial score (nSPS) is 23.0. The van der Waals surface area contributed by atoms with E-state index in [2.05, 4.69) is 40.7 Å². The van der Waals surface area contributed by atoms with Crippen LogP contribution in [0.2, 0.25) is 0 Å². The van der Waals surface area contributed by atoms with Crippen LogP contribution in [0.5, 0.6) is 0 Å². The number of rotatable bonds is 2. The molecule has 17 heavy (non-hydrogen) atoms. The van der Waals surface area contributed by atoms with Gasteiger partial charge in [-0.25, -0.2) is 0 Å². The van der Waals surface area contributed by atoms with Crippen LogP contribution in [0.4, 0.5) is 11.4 Å². The second-order valence-corrected chi connectivity index (χ2v) is 4.92. The third kappa shape index (κ3) is 2.03. The first-order valence-electron chi connectivity index (χ1n) is 6.38. The van der Waals surface area contributed by atoms with Gasteiger partial charge in [0.05, 0.1) is 11.4 Å². The molecule has 1 aromatic rings.